The third-order valence-corrected chi connectivity index (χ3v) is 2.93. The summed E-state index contributed by atoms with van der Waals surface area (Å²) in [5.41, 5.74) is 0.162. The minimum Gasteiger partial charge on any atom is -0.301 e. The normalized spacial score (nSPS) is 13.1. The van der Waals surface area contributed by atoms with E-state index in [0.29, 0.717) is 0 Å². The average molecular weight is 243 g/mol. The van der Waals surface area contributed by atoms with Crippen molar-refractivity contribution in [1.29, 1.82) is 0 Å². The molecule has 0 radical (unpaired) electrons. The lowest BCUT2D eigenvalue weighted by Crippen LogP contribution is -2.40. The van der Waals surface area contributed by atoms with E-state index in [1.54, 1.807) is 0 Å². The van der Waals surface area contributed by atoms with Crippen LogP contribution in [0.2, 0.25) is 0 Å². The Kier molecular flexibility index (Phi) is 12.1. The highest BCUT2D eigenvalue weighted by atomic mass is 35.5. The van der Waals surface area contributed by atoms with Gasteiger partial charge in [-0.25, -0.2) is 0 Å². The molecule has 14 heavy (non-hydrogen) atoms. The van der Waals surface area contributed by atoms with Gasteiger partial charge in [-0.2, -0.15) is 0 Å². The van der Waals surface area contributed by atoms with Gasteiger partial charge in [0.05, 0.1) is 5.50 Å². The third kappa shape index (κ3) is 6.07. The summed E-state index contributed by atoms with van der Waals surface area (Å²) in [6.45, 7) is 13.9. The minimum absolute atomic E-state index is 0. The van der Waals surface area contributed by atoms with Crippen molar-refractivity contribution >= 4 is 24.0 Å². The predicted molar refractivity (Wildman–Crippen MR) is 67.6 cm³/mol. The largest absolute Gasteiger partial charge is 0.301 e. The molecule has 1 unspecified atom stereocenters. The molecule has 0 aromatic carbocycles. The van der Waals surface area contributed by atoms with Crippen molar-refractivity contribution in [2.45, 2.75) is 33.2 Å². The molecule has 0 aliphatic heterocycles. The van der Waals surface area contributed by atoms with Crippen molar-refractivity contribution in [2.75, 3.05) is 32.7 Å². The lowest BCUT2D eigenvalue weighted by atomic mass is 10.4. The van der Waals surface area contributed by atoms with Crippen LogP contribution in [-0.4, -0.2) is 48.0 Å². The number of alkyl halides is 1. The highest BCUT2D eigenvalue weighted by Crippen LogP contribution is 2.06. The summed E-state index contributed by atoms with van der Waals surface area (Å²) >= 11 is 6.28. The highest BCUT2D eigenvalue weighted by Gasteiger charge is 2.14. The van der Waals surface area contributed by atoms with Gasteiger partial charge >= 0.3 is 0 Å². The van der Waals surface area contributed by atoms with Crippen LogP contribution in [0.3, 0.4) is 0 Å². The third-order valence-electron chi connectivity index (χ3n) is 2.51. The lowest BCUT2D eigenvalue weighted by molar-refractivity contribution is 0.203. The van der Waals surface area contributed by atoms with Crippen LogP contribution in [0.1, 0.15) is 27.7 Å². The summed E-state index contributed by atoms with van der Waals surface area (Å²) in [5, 5.41) is 0. The predicted octanol–water partition coefficient (Wildman–Crippen LogP) is 2.66. The smallest absolute Gasteiger partial charge is 0.0978 e. The van der Waals surface area contributed by atoms with Crippen molar-refractivity contribution in [3.63, 3.8) is 0 Å². The molecule has 0 aromatic rings. The van der Waals surface area contributed by atoms with Gasteiger partial charge in [-0.05, 0) is 26.2 Å². The van der Waals surface area contributed by atoms with E-state index in [9.17, 15) is 0 Å². The van der Waals surface area contributed by atoms with Crippen LogP contribution in [-0.2, 0) is 0 Å². The molecule has 0 aromatic heterocycles. The first kappa shape index (κ1) is 16.9. The van der Waals surface area contributed by atoms with Gasteiger partial charge in [0.2, 0.25) is 0 Å². The van der Waals surface area contributed by atoms with Gasteiger partial charge in [0, 0.05) is 6.54 Å². The molecule has 1 atom stereocenters. The van der Waals surface area contributed by atoms with E-state index in [0.717, 1.165) is 32.7 Å². The summed E-state index contributed by atoms with van der Waals surface area (Å²) in [7, 11) is 0. The van der Waals surface area contributed by atoms with Crippen LogP contribution in [0.15, 0.2) is 0 Å². The van der Waals surface area contributed by atoms with Crippen LogP contribution in [0, 0.1) is 0 Å². The monoisotopic (exact) mass is 242 g/mol. The second kappa shape index (κ2) is 10.0. The van der Waals surface area contributed by atoms with E-state index in [2.05, 4.69) is 37.5 Å². The Morgan fingerprint density at radius 1 is 0.929 bits per heavy atom. The number of rotatable bonds is 7. The molecule has 0 saturated heterocycles. The quantitative estimate of drug-likeness (QED) is 0.501. The summed E-state index contributed by atoms with van der Waals surface area (Å²) in [6, 6.07) is 0. The fourth-order valence-electron chi connectivity index (χ4n) is 1.43. The van der Waals surface area contributed by atoms with Gasteiger partial charge < -0.3 is 4.90 Å². The lowest BCUT2D eigenvalue weighted by Gasteiger charge is -2.29. The van der Waals surface area contributed by atoms with Crippen LogP contribution < -0.4 is 0 Å². The Labute approximate surface area is 100.0 Å². The fourth-order valence-corrected chi connectivity index (χ4v) is 1.90. The first-order valence-corrected chi connectivity index (χ1v) is 5.73. The summed E-state index contributed by atoms with van der Waals surface area (Å²) in [4.78, 5) is 4.63. The van der Waals surface area contributed by atoms with Gasteiger partial charge in [0.25, 0.3) is 0 Å². The maximum absolute atomic E-state index is 6.28. The fraction of sp³-hybridized carbons (Fsp3) is 1.00. The standard InChI is InChI=1S/C10H23ClN2.ClH/c1-5-12(6-2)9-10(11)13(7-3)8-4;/h10H,5-9H2,1-4H3;1H. The molecule has 0 fully saturated rings. The van der Waals surface area contributed by atoms with Gasteiger partial charge in [0.1, 0.15) is 0 Å². The molecule has 0 saturated carbocycles. The number of nitrogens with zero attached hydrogens (tertiary/aromatic N) is 2. The van der Waals surface area contributed by atoms with E-state index in [4.69, 9.17) is 11.6 Å². The topological polar surface area (TPSA) is 6.48 Å². The molecule has 0 rings (SSSR count). The molecule has 0 amide bonds. The molecule has 0 aliphatic carbocycles. The van der Waals surface area contributed by atoms with E-state index < -0.39 is 0 Å². The zero-order valence-electron chi connectivity index (χ0n) is 9.79. The van der Waals surface area contributed by atoms with Gasteiger partial charge in [-0.15, -0.1) is 24.0 Å². The molecule has 0 spiro atoms. The Morgan fingerprint density at radius 2 is 1.36 bits per heavy atom. The summed E-state index contributed by atoms with van der Waals surface area (Å²) in [5.74, 6) is 0. The van der Waals surface area contributed by atoms with Crippen molar-refractivity contribution in [2.24, 2.45) is 0 Å². The van der Waals surface area contributed by atoms with Crippen molar-refractivity contribution in [3.05, 3.63) is 0 Å². The molecule has 0 N–H and O–H groups in total. The highest BCUT2D eigenvalue weighted by molar-refractivity contribution is 6.20. The van der Waals surface area contributed by atoms with E-state index in [-0.39, 0.29) is 17.9 Å². The Bertz CT molecular complexity index is 115. The van der Waals surface area contributed by atoms with Gasteiger partial charge in [0.15, 0.2) is 0 Å². The molecule has 0 heterocycles. The maximum atomic E-state index is 6.28. The van der Waals surface area contributed by atoms with Gasteiger partial charge in [-0.1, -0.05) is 27.7 Å². The van der Waals surface area contributed by atoms with Crippen LogP contribution in [0.4, 0.5) is 0 Å². The van der Waals surface area contributed by atoms with E-state index in [1.807, 2.05) is 0 Å². The van der Waals surface area contributed by atoms with Crippen molar-refractivity contribution in [1.82, 2.24) is 9.80 Å². The SMILES string of the molecule is CCN(CC)CC(Cl)N(CC)CC.Cl. The van der Waals surface area contributed by atoms with Crippen LogP contribution in [0.5, 0.6) is 0 Å². The number of hydrogen-bond acceptors (Lipinski definition) is 2. The number of hydrogen-bond donors (Lipinski definition) is 0. The van der Waals surface area contributed by atoms with Crippen LogP contribution in [0.25, 0.3) is 0 Å². The molecular weight excluding hydrogens is 219 g/mol. The second-order valence-electron chi connectivity index (χ2n) is 3.14. The molecule has 2 nitrogen and oxygen atoms in total. The molecule has 0 bridgehead atoms. The second-order valence-corrected chi connectivity index (χ2v) is 3.65. The van der Waals surface area contributed by atoms with Crippen LogP contribution >= 0.6 is 24.0 Å². The first-order valence-electron chi connectivity index (χ1n) is 5.29. The van der Waals surface area contributed by atoms with Crippen molar-refractivity contribution < 1.29 is 0 Å². The summed E-state index contributed by atoms with van der Waals surface area (Å²) in [6.07, 6.45) is 0. The Hall–Kier alpha value is 0.500. The zero-order valence-corrected chi connectivity index (χ0v) is 11.4. The summed E-state index contributed by atoms with van der Waals surface area (Å²) < 4.78 is 0. The maximum Gasteiger partial charge on any atom is 0.0978 e. The average Bonchev–Trinajstić information content (AvgIpc) is 2.16. The minimum atomic E-state index is 0. The molecule has 88 valence electrons. The Morgan fingerprint density at radius 3 is 1.64 bits per heavy atom. The molecular formula is C10H24Cl2N2. The zero-order chi connectivity index (χ0) is 10.3. The van der Waals surface area contributed by atoms with E-state index >= 15 is 0 Å². The van der Waals surface area contributed by atoms with E-state index in [1.165, 1.54) is 0 Å². The number of likely N-dealkylation sites (N-methyl/N-ethyl adjacent to an activating group) is 2. The molecule has 0 aliphatic rings. The first-order chi connectivity index (χ1) is 6.19. The van der Waals surface area contributed by atoms with Crippen molar-refractivity contribution in [3.8, 4) is 0 Å². The van der Waals surface area contributed by atoms with Gasteiger partial charge in [-0.3, -0.25) is 4.90 Å². The number of halogens is 2. The Balaban J connectivity index is 0. The molecule has 4 heteroatoms.